The lowest BCUT2D eigenvalue weighted by Gasteiger charge is -2.16. The maximum atomic E-state index is 14.9. The molecule has 3 amide bonds. The van der Waals surface area contributed by atoms with E-state index < -0.39 is 41.8 Å². The first-order valence-corrected chi connectivity index (χ1v) is 13.3. The number of benzene rings is 3. The third kappa shape index (κ3) is 5.71. The number of thioether (sulfide) groups is 1. The molecule has 2 aliphatic heterocycles. The molecule has 1 fully saturated rings. The number of fused-ring (bicyclic) bond motifs is 1. The summed E-state index contributed by atoms with van der Waals surface area (Å²) in [5.41, 5.74) is 0.568. The van der Waals surface area contributed by atoms with Gasteiger partial charge >= 0.3 is 24.3 Å². The molecule has 222 valence electrons. The zero-order valence-corrected chi connectivity index (χ0v) is 22.5. The lowest BCUT2D eigenvalue weighted by atomic mass is 10.1. The van der Waals surface area contributed by atoms with E-state index in [-0.39, 0.29) is 44.8 Å². The minimum atomic E-state index is -4.83. The van der Waals surface area contributed by atoms with Gasteiger partial charge in [0.1, 0.15) is 17.9 Å². The zero-order chi connectivity index (χ0) is 31.2. The number of ether oxygens (including phenoxy) is 2. The van der Waals surface area contributed by atoms with Crippen LogP contribution in [0.1, 0.15) is 20.7 Å². The molecule has 1 saturated heterocycles. The fourth-order valence-corrected chi connectivity index (χ4v) is 5.08. The van der Waals surface area contributed by atoms with Crippen LogP contribution in [-0.2, 0) is 9.53 Å². The normalized spacial score (nSPS) is 15.5. The number of halogens is 4. The number of carbonyl (C=O) groups is 4. The van der Waals surface area contributed by atoms with E-state index >= 15 is 0 Å². The van der Waals surface area contributed by atoms with E-state index in [0.29, 0.717) is 5.69 Å². The van der Waals surface area contributed by atoms with E-state index in [9.17, 15) is 36.7 Å². The lowest BCUT2D eigenvalue weighted by Crippen LogP contribution is -2.30. The molecule has 12 nitrogen and oxygen atoms in total. The van der Waals surface area contributed by atoms with Gasteiger partial charge in [-0.2, -0.15) is 4.99 Å². The Morgan fingerprint density at radius 3 is 2.43 bits per heavy atom. The van der Waals surface area contributed by atoms with Gasteiger partial charge in [-0.25, -0.2) is 28.4 Å². The minimum Gasteiger partial charge on any atom is -0.406 e. The second-order valence-corrected chi connectivity index (χ2v) is 9.94. The van der Waals surface area contributed by atoms with Crippen LogP contribution < -0.4 is 15.0 Å². The summed E-state index contributed by atoms with van der Waals surface area (Å²) >= 11 is 0.947. The maximum Gasteiger partial charge on any atom is 0.573 e. The number of hydrogen-bond acceptors (Lipinski definition) is 9. The largest absolute Gasteiger partial charge is 0.573 e. The predicted octanol–water partition coefficient (Wildman–Crippen LogP) is 4.95. The van der Waals surface area contributed by atoms with Crippen molar-refractivity contribution in [1.82, 2.24) is 14.8 Å². The molecule has 3 heterocycles. The quantitative estimate of drug-likeness (QED) is 0.185. The second-order valence-electron chi connectivity index (χ2n) is 9.00. The number of amidine groups is 1. The molecular formula is C27H14F4N6O6S. The molecule has 0 saturated carbocycles. The molecule has 6 rings (SSSR count). The van der Waals surface area contributed by atoms with E-state index in [1.54, 1.807) is 0 Å². The fraction of sp³-hybridized carbons (Fsp3) is 0.0741. The van der Waals surface area contributed by atoms with E-state index in [2.05, 4.69) is 29.9 Å². The number of carbonyl (C=O) groups excluding carboxylic acids is 4. The molecule has 0 unspecified atom stereocenters. The number of urea groups is 1. The van der Waals surface area contributed by atoms with Crippen LogP contribution in [0.5, 0.6) is 5.75 Å². The first kappa shape index (κ1) is 28.5. The monoisotopic (exact) mass is 626 g/mol. The number of nitrogens with one attached hydrogen (secondary N) is 1. The highest BCUT2D eigenvalue weighted by Gasteiger charge is 2.35. The third-order valence-electron chi connectivity index (χ3n) is 6.14. The molecule has 1 aromatic heterocycles. The number of esters is 2. The summed E-state index contributed by atoms with van der Waals surface area (Å²) in [5, 5.41) is 6.48. The van der Waals surface area contributed by atoms with Crippen LogP contribution in [0.25, 0.3) is 17.1 Å². The van der Waals surface area contributed by atoms with Gasteiger partial charge in [-0.15, -0.1) is 18.3 Å². The van der Waals surface area contributed by atoms with Crippen molar-refractivity contribution in [3.05, 3.63) is 83.9 Å². The Hall–Kier alpha value is -5.58. The third-order valence-corrected chi connectivity index (χ3v) is 7.07. The van der Waals surface area contributed by atoms with Gasteiger partial charge in [0.05, 0.1) is 33.9 Å². The van der Waals surface area contributed by atoms with Crippen molar-refractivity contribution in [2.45, 2.75) is 6.36 Å². The van der Waals surface area contributed by atoms with Crippen molar-refractivity contribution < 1.29 is 46.2 Å². The van der Waals surface area contributed by atoms with Crippen LogP contribution in [0.15, 0.2) is 72.0 Å². The Labute approximate surface area is 247 Å². The van der Waals surface area contributed by atoms with Gasteiger partial charge in [0, 0.05) is 5.56 Å². The lowest BCUT2D eigenvalue weighted by molar-refractivity contribution is -0.274. The van der Waals surface area contributed by atoms with Crippen molar-refractivity contribution in [1.29, 1.82) is 0 Å². The standard InChI is InChI=1S/C27H14F4N6O6S/c28-19-9-13(22-32-12-36(35-22)14-2-5-16(6-3-14)43-27(29,30)31)1-8-20(19)33-25(41)34-26-37(21(38)11-44-26)15-4-7-17-18(10-15)24(40)42-23(17)39/h1-10,12H,11H2,(H,33,41)/b34-26-. The highest BCUT2D eigenvalue weighted by molar-refractivity contribution is 8.15. The van der Waals surface area contributed by atoms with Crippen molar-refractivity contribution in [2.75, 3.05) is 16.0 Å². The first-order valence-electron chi connectivity index (χ1n) is 12.3. The Morgan fingerprint density at radius 1 is 0.977 bits per heavy atom. The topological polar surface area (TPSA) is 145 Å². The summed E-state index contributed by atoms with van der Waals surface area (Å²) < 4.78 is 61.8. The van der Waals surface area contributed by atoms with Gasteiger partial charge < -0.3 is 14.8 Å². The molecule has 0 radical (unpaired) electrons. The van der Waals surface area contributed by atoms with E-state index in [4.69, 9.17) is 0 Å². The SMILES string of the molecule is O=C(/N=C1\SCC(=O)N1c1ccc2c(c1)C(=O)OC2=O)Nc1ccc(-c2ncn(-c3ccc(OC(F)(F)F)cc3)n2)cc1F. The zero-order valence-electron chi connectivity index (χ0n) is 21.7. The molecule has 4 aromatic rings. The summed E-state index contributed by atoms with van der Waals surface area (Å²) in [6.45, 7) is 0. The Bertz CT molecular complexity index is 1890. The molecular weight excluding hydrogens is 612 g/mol. The molecule has 17 heteroatoms. The summed E-state index contributed by atoms with van der Waals surface area (Å²) in [6, 6.07) is 11.6. The van der Waals surface area contributed by atoms with Gasteiger partial charge in [-0.05, 0) is 60.7 Å². The number of anilines is 2. The number of alkyl halides is 3. The summed E-state index contributed by atoms with van der Waals surface area (Å²) in [5.74, 6) is -3.34. The Kier molecular flexibility index (Phi) is 7.08. The van der Waals surface area contributed by atoms with E-state index in [0.717, 1.165) is 34.9 Å². The molecule has 44 heavy (non-hydrogen) atoms. The molecule has 0 aliphatic carbocycles. The fourth-order valence-electron chi connectivity index (χ4n) is 4.22. The summed E-state index contributed by atoms with van der Waals surface area (Å²) in [7, 11) is 0. The molecule has 1 N–H and O–H groups in total. The number of rotatable bonds is 5. The van der Waals surface area contributed by atoms with Crippen molar-refractivity contribution >= 4 is 52.2 Å². The highest BCUT2D eigenvalue weighted by atomic mass is 32.2. The van der Waals surface area contributed by atoms with Gasteiger partial charge in [-0.3, -0.25) is 9.69 Å². The molecule has 0 bridgehead atoms. The average Bonchev–Trinajstić information content (AvgIpc) is 3.67. The Morgan fingerprint density at radius 2 is 1.70 bits per heavy atom. The average molecular weight is 627 g/mol. The van der Waals surface area contributed by atoms with Crippen molar-refractivity contribution in [3.8, 4) is 22.8 Å². The van der Waals surface area contributed by atoms with E-state index in [1.165, 1.54) is 53.5 Å². The van der Waals surface area contributed by atoms with Crippen LogP contribution in [0.4, 0.5) is 33.7 Å². The van der Waals surface area contributed by atoms with Crippen LogP contribution in [0.2, 0.25) is 0 Å². The number of cyclic esters (lactones) is 2. The molecule has 3 aromatic carbocycles. The van der Waals surface area contributed by atoms with Crippen molar-refractivity contribution in [3.63, 3.8) is 0 Å². The smallest absolute Gasteiger partial charge is 0.406 e. The van der Waals surface area contributed by atoms with Gasteiger partial charge in [-0.1, -0.05) is 11.8 Å². The van der Waals surface area contributed by atoms with Crippen LogP contribution >= 0.6 is 11.8 Å². The van der Waals surface area contributed by atoms with Crippen LogP contribution in [0.3, 0.4) is 0 Å². The van der Waals surface area contributed by atoms with Gasteiger partial charge in [0.15, 0.2) is 11.0 Å². The number of hydrogen-bond donors (Lipinski definition) is 1. The maximum absolute atomic E-state index is 14.9. The molecule has 0 spiro atoms. The number of amides is 3. The number of aliphatic imine (C=N–C) groups is 1. The first-order chi connectivity index (χ1) is 20.9. The molecule has 2 aliphatic rings. The van der Waals surface area contributed by atoms with E-state index in [1.807, 2.05) is 0 Å². The summed E-state index contributed by atoms with van der Waals surface area (Å²) in [4.78, 5) is 57.9. The van der Waals surface area contributed by atoms with Gasteiger partial charge in [0.25, 0.3) is 0 Å². The minimum absolute atomic E-state index is 0.0316. The Balaban J connectivity index is 1.16. The van der Waals surface area contributed by atoms with Crippen LogP contribution in [-0.4, -0.2) is 55.9 Å². The predicted molar refractivity (Wildman–Crippen MR) is 146 cm³/mol. The summed E-state index contributed by atoms with van der Waals surface area (Å²) in [6.07, 6.45) is -3.54. The number of nitrogens with zero attached hydrogens (tertiary/aromatic N) is 5. The second kappa shape index (κ2) is 10.9. The van der Waals surface area contributed by atoms with Crippen molar-refractivity contribution in [2.24, 2.45) is 4.99 Å². The molecule has 0 atom stereocenters. The van der Waals surface area contributed by atoms with Crippen LogP contribution in [0, 0.1) is 5.82 Å². The number of aromatic nitrogens is 3. The van der Waals surface area contributed by atoms with Gasteiger partial charge in [0.2, 0.25) is 5.91 Å². The highest BCUT2D eigenvalue weighted by Crippen LogP contribution is 2.31.